The largest absolute Gasteiger partial charge is 0.434 e. The van der Waals surface area contributed by atoms with E-state index in [0.29, 0.717) is 22.3 Å². The second-order valence-corrected chi connectivity index (χ2v) is 5.66. The van der Waals surface area contributed by atoms with Crippen molar-refractivity contribution in [1.82, 2.24) is 19.7 Å². The maximum absolute atomic E-state index is 13.8. The Balaban J connectivity index is 1.93. The molecule has 0 spiro atoms. The van der Waals surface area contributed by atoms with E-state index in [4.69, 9.17) is 5.73 Å². The molecular weight excluding hydrogens is 343 g/mol. The Bertz CT molecular complexity index is 1090. The zero-order valence-corrected chi connectivity index (χ0v) is 13.3. The van der Waals surface area contributed by atoms with Crippen molar-refractivity contribution in [1.29, 1.82) is 0 Å². The molecule has 0 amide bonds. The smallest absolute Gasteiger partial charge is 0.399 e. The van der Waals surface area contributed by atoms with E-state index in [1.165, 1.54) is 6.20 Å². The quantitative estimate of drug-likeness (QED) is 0.550. The molecule has 0 fully saturated rings. The monoisotopic (exact) mass is 355 g/mol. The molecule has 5 nitrogen and oxygen atoms in total. The van der Waals surface area contributed by atoms with Gasteiger partial charge in [0.1, 0.15) is 0 Å². The van der Waals surface area contributed by atoms with Gasteiger partial charge in [0.25, 0.3) is 0 Å². The molecule has 0 saturated heterocycles. The summed E-state index contributed by atoms with van der Waals surface area (Å²) in [5, 5.41) is 4.61. The van der Waals surface area contributed by atoms with Gasteiger partial charge in [-0.3, -0.25) is 0 Å². The third kappa shape index (κ3) is 2.75. The van der Waals surface area contributed by atoms with E-state index in [1.54, 1.807) is 48.5 Å². The van der Waals surface area contributed by atoms with Crippen LogP contribution >= 0.6 is 0 Å². The number of rotatable bonds is 2. The number of nitrogens with two attached hydrogens (primary N) is 1. The molecular formula is C18H12F3N5. The molecule has 4 aromatic rings. The number of aromatic nitrogens is 4. The summed E-state index contributed by atoms with van der Waals surface area (Å²) >= 11 is 0. The van der Waals surface area contributed by atoms with E-state index in [0.717, 1.165) is 10.9 Å². The van der Waals surface area contributed by atoms with Crippen LogP contribution in [0.5, 0.6) is 0 Å². The molecule has 0 saturated carbocycles. The number of nitrogens with zero attached hydrogens (tertiary/aromatic N) is 4. The van der Waals surface area contributed by atoms with Crippen molar-refractivity contribution in [3.8, 4) is 17.1 Å². The van der Waals surface area contributed by atoms with Crippen LogP contribution in [0.3, 0.4) is 0 Å². The highest BCUT2D eigenvalue weighted by Crippen LogP contribution is 2.37. The van der Waals surface area contributed by atoms with Crippen molar-refractivity contribution >= 4 is 16.6 Å². The standard InChI is InChI=1S/C18H12F3N5/c19-18(20,21)16-14(10-24-26(16)13-4-2-1-3-5-13)17-23-9-11-6-7-12(22)8-15(11)25-17/h1-10H,22H2. The lowest BCUT2D eigenvalue weighted by molar-refractivity contribution is -0.142. The van der Waals surface area contributed by atoms with Crippen LogP contribution in [0.4, 0.5) is 18.9 Å². The molecule has 8 heteroatoms. The van der Waals surface area contributed by atoms with E-state index in [-0.39, 0.29) is 11.4 Å². The zero-order valence-electron chi connectivity index (χ0n) is 13.3. The van der Waals surface area contributed by atoms with Crippen LogP contribution in [0.25, 0.3) is 28.0 Å². The average Bonchev–Trinajstić information content (AvgIpc) is 3.07. The summed E-state index contributed by atoms with van der Waals surface area (Å²) in [6.45, 7) is 0. The lowest BCUT2D eigenvalue weighted by Gasteiger charge is -2.12. The lowest BCUT2D eigenvalue weighted by Crippen LogP contribution is -2.15. The molecule has 0 aliphatic rings. The molecule has 0 bridgehead atoms. The number of hydrogen-bond acceptors (Lipinski definition) is 4. The minimum Gasteiger partial charge on any atom is -0.399 e. The maximum Gasteiger partial charge on any atom is 0.434 e. The Morgan fingerprint density at radius 1 is 0.962 bits per heavy atom. The van der Waals surface area contributed by atoms with Gasteiger partial charge in [-0.15, -0.1) is 0 Å². The Hall–Kier alpha value is -3.42. The first-order chi connectivity index (χ1) is 12.4. The molecule has 4 rings (SSSR count). The van der Waals surface area contributed by atoms with Gasteiger partial charge in [0, 0.05) is 17.3 Å². The van der Waals surface area contributed by atoms with Crippen molar-refractivity contribution in [2.24, 2.45) is 0 Å². The van der Waals surface area contributed by atoms with Gasteiger partial charge in [-0.25, -0.2) is 14.6 Å². The number of halogens is 3. The highest BCUT2D eigenvalue weighted by molar-refractivity contribution is 5.82. The van der Waals surface area contributed by atoms with Crippen LogP contribution in [0, 0.1) is 0 Å². The van der Waals surface area contributed by atoms with Crippen molar-refractivity contribution in [2.45, 2.75) is 6.18 Å². The third-order valence-corrected chi connectivity index (χ3v) is 3.89. The highest BCUT2D eigenvalue weighted by Gasteiger charge is 2.39. The first-order valence-corrected chi connectivity index (χ1v) is 7.67. The SMILES string of the molecule is Nc1ccc2cnc(-c3cnn(-c4ccccc4)c3C(F)(F)F)nc2c1. The Morgan fingerprint density at radius 3 is 2.46 bits per heavy atom. The van der Waals surface area contributed by atoms with Crippen LogP contribution in [0.1, 0.15) is 5.69 Å². The van der Waals surface area contributed by atoms with Crippen LogP contribution in [0.15, 0.2) is 60.9 Å². The predicted molar refractivity (Wildman–Crippen MR) is 91.5 cm³/mol. The fourth-order valence-corrected chi connectivity index (χ4v) is 2.72. The molecule has 2 heterocycles. The summed E-state index contributed by atoms with van der Waals surface area (Å²) in [5.74, 6) is -0.0578. The summed E-state index contributed by atoms with van der Waals surface area (Å²) in [6.07, 6.45) is -2.03. The number of hydrogen-bond donors (Lipinski definition) is 1. The fraction of sp³-hybridized carbons (Fsp3) is 0.0556. The average molecular weight is 355 g/mol. The fourth-order valence-electron chi connectivity index (χ4n) is 2.72. The summed E-state index contributed by atoms with van der Waals surface area (Å²) in [7, 11) is 0. The van der Waals surface area contributed by atoms with Crippen LogP contribution < -0.4 is 5.73 Å². The number of nitrogen functional groups attached to an aromatic ring is 1. The first kappa shape index (κ1) is 16.1. The summed E-state index contributed by atoms with van der Waals surface area (Å²) < 4.78 is 42.1. The van der Waals surface area contributed by atoms with Crippen LogP contribution in [-0.2, 0) is 6.18 Å². The van der Waals surface area contributed by atoms with Gasteiger partial charge >= 0.3 is 6.18 Å². The number of anilines is 1. The molecule has 2 aromatic heterocycles. The molecule has 2 N–H and O–H groups in total. The Kier molecular flexibility index (Phi) is 3.61. The molecule has 0 atom stereocenters. The molecule has 0 radical (unpaired) electrons. The van der Waals surface area contributed by atoms with Gasteiger partial charge in [-0.1, -0.05) is 18.2 Å². The van der Waals surface area contributed by atoms with Gasteiger partial charge in [-0.05, 0) is 30.3 Å². The van der Waals surface area contributed by atoms with E-state index in [1.807, 2.05) is 0 Å². The Morgan fingerprint density at radius 2 is 1.73 bits per heavy atom. The van der Waals surface area contributed by atoms with Crippen LogP contribution in [0.2, 0.25) is 0 Å². The minimum absolute atomic E-state index is 0.0578. The van der Waals surface area contributed by atoms with E-state index < -0.39 is 11.9 Å². The van der Waals surface area contributed by atoms with Gasteiger partial charge < -0.3 is 5.73 Å². The van der Waals surface area contributed by atoms with Gasteiger partial charge in [0.05, 0.1) is 23.0 Å². The summed E-state index contributed by atoms with van der Waals surface area (Å²) in [5.41, 5.74) is 5.86. The predicted octanol–water partition coefficient (Wildman–Crippen LogP) is 4.08. The Labute approximate surface area is 145 Å². The highest BCUT2D eigenvalue weighted by atomic mass is 19.4. The minimum atomic E-state index is -4.63. The van der Waals surface area contributed by atoms with Crippen molar-refractivity contribution in [2.75, 3.05) is 5.73 Å². The normalized spacial score (nSPS) is 11.8. The number of fused-ring (bicyclic) bond motifs is 1. The van der Waals surface area contributed by atoms with Gasteiger partial charge in [-0.2, -0.15) is 18.3 Å². The first-order valence-electron chi connectivity index (χ1n) is 7.67. The van der Waals surface area contributed by atoms with Crippen LogP contribution in [-0.4, -0.2) is 19.7 Å². The van der Waals surface area contributed by atoms with Gasteiger partial charge in [0.2, 0.25) is 0 Å². The van der Waals surface area contributed by atoms with Crippen molar-refractivity contribution in [3.63, 3.8) is 0 Å². The van der Waals surface area contributed by atoms with Crippen molar-refractivity contribution < 1.29 is 13.2 Å². The van der Waals surface area contributed by atoms with E-state index in [9.17, 15) is 13.2 Å². The number of alkyl halides is 3. The number of para-hydroxylation sites is 1. The second kappa shape index (κ2) is 5.83. The van der Waals surface area contributed by atoms with Gasteiger partial charge in [0.15, 0.2) is 11.5 Å². The topological polar surface area (TPSA) is 69.6 Å². The molecule has 0 aliphatic carbocycles. The summed E-state index contributed by atoms with van der Waals surface area (Å²) in [6, 6.07) is 13.1. The third-order valence-electron chi connectivity index (χ3n) is 3.89. The summed E-state index contributed by atoms with van der Waals surface area (Å²) in [4.78, 5) is 8.33. The lowest BCUT2D eigenvalue weighted by atomic mass is 10.2. The molecule has 0 unspecified atom stereocenters. The van der Waals surface area contributed by atoms with Crippen molar-refractivity contribution in [3.05, 3.63) is 66.6 Å². The number of benzene rings is 2. The van der Waals surface area contributed by atoms with E-state index >= 15 is 0 Å². The zero-order chi connectivity index (χ0) is 18.3. The molecule has 2 aromatic carbocycles. The molecule has 26 heavy (non-hydrogen) atoms. The van der Waals surface area contributed by atoms with E-state index in [2.05, 4.69) is 15.1 Å². The molecule has 130 valence electrons. The second-order valence-electron chi connectivity index (χ2n) is 5.66. The maximum atomic E-state index is 13.8. The molecule has 0 aliphatic heterocycles.